The minimum atomic E-state index is -0.459. The third-order valence-electron chi connectivity index (χ3n) is 3.19. The molecule has 1 aromatic carbocycles. The lowest BCUT2D eigenvalue weighted by molar-refractivity contribution is 0.0617. The van der Waals surface area contributed by atoms with Gasteiger partial charge in [0.25, 0.3) is 0 Å². The third kappa shape index (κ3) is 4.16. The zero-order valence-electron chi connectivity index (χ0n) is 10.5. The lowest BCUT2D eigenvalue weighted by Crippen LogP contribution is -2.38. The molecule has 0 radical (unpaired) electrons. The highest BCUT2D eigenvalue weighted by Gasteiger charge is 2.15. The topological polar surface area (TPSA) is 32.7 Å². The van der Waals surface area contributed by atoms with Crippen molar-refractivity contribution < 1.29 is 9.84 Å². The third-order valence-corrected chi connectivity index (χ3v) is 3.50. The molecule has 1 fully saturated rings. The first kappa shape index (κ1) is 13.7. The van der Waals surface area contributed by atoms with Crippen LogP contribution in [0.2, 0.25) is 5.02 Å². The maximum absolute atomic E-state index is 9.94. The summed E-state index contributed by atoms with van der Waals surface area (Å²) in [7, 11) is 0. The van der Waals surface area contributed by atoms with Gasteiger partial charge in [-0.25, -0.2) is 0 Å². The number of β-amino-alcohol motifs (C(OH)–C–C–N with tert-alkyl or cyclic N) is 1. The van der Waals surface area contributed by atoms with E-state index in [9.17, 15) is 5.11 Å². The summed E-state index contributed by atoms with van der Waals surface area (Å²) in [5.74, 6) is 0.636. The molecule has 0 aliphatic carbocycles. The van der Waals surface area contributed by atoms with Crippen LogP contribution in [0, 0.1) is 0 Å². The van der Waals surface area contributed by atoms with Crippen molar-refractivity contribution in [1.82, 2.24) is 4.90 Å². The van der Waals surface area contributed by atoms with Gasteiger partial charge in [0, 0.05) is 6.54 Å². The SMILES string of the molecule is O[C@H](COc1ccccc1Cl)CN1CCCCC1. The Balaban J connectivity index is 1.74. The molecule has 0 bridgehead atoms. The van der Waals surface area contributed by atoms with Crippen LogP contribution in [0.3, 0.4) is 0 Å². The number of ether oxygens (including phenoxy) is 1. The molecule has 0 aromatic heterocycles. The molecule has 0 unspecified atom stereocenters. The van der Waals surface area contributed by atoms with E-state index >= 15 is 0 Å². The summed E-state index contributed by atoms with van der Waals surface area (Å²) in [6.45, 7) is 3.15. The molecule has 1 saturated heterocycles. The standard InChI is InChI=1S/C14H20ClNO2/c15-13-6-2-3-7-14(13)18-11-12(17)10-16-8-4-1-5-9-16/h2-3,6-7,12,17H,1,4-5,8-11H2/t12-/m0/s1. The first-order valence-electron chi connectivity index (χ1n) is 6.53. The quantitative estimate of drug-likeness (QED) is 0.892. The van der Waals surface area contributed by atoms with E-state index in [-0.39, 0.29) is 0 Å². The van der Waals surface area contributed by atoms with Crippen molar-refractivity contribution in [2.75, 3.05) is 26.2 Å². The number of para-hydroxylation sites is 1. The second kappa shape index (κ2) is 6.98. The highest BCUT2D eigenvalue weighted by atomic mass is 35.5. The Labute approximate surface area is 113 Å². The van der Waals surface area contributed by atoms with Gasteiger partial charge in [0.2, 0.25) is 0 Å². The molecule has 2 rings (SSSR count). The van der Waals surface area contributed by atoms with Gasteiger partial charge in [0.05, 0.1) is 5.02 Å². The summed E-state index contributed by atoms with van der Waals surface area (Å²) in [6, 6.07) is 7.33. The first-order valence-corrected chi connectivity index (χ1v) is 6.91. The summed E-state index contributed by atoms with van der Waals surface area (Å²) in [4.78, 5) is 2.30. The van der Waals surface area contributed by atoms with Crippen LogP contribution in [0.1, 0.15) is 19.3 Å². The van der Waals surface area contributed by atoms with Gasteiger partial charge < -0.3 is 14.7 Å². The van der Waals surface area contributed by atoms with Crippen LogP contribution in [0.25, 0.3) is 0 Å². The molecule has 1 heterocycles. The number of likely N-dealkylation sites (tertiary alicyclic amines) is 1. The molecule has 1 aliphatic heterocycles. The minimum absolute atomic E-state index is 0.292. The zero-order chi connectivity index (χ0) is 12.8. The molecule has 18 heavy (non-hydrogen) atoms. The van der Waals surface area contributed by atoms with E-state index in [1.165, 1.54) is 19.3 Å². The summed E-state index contributed by atoms with van der Waals surface area (Å²) in [5.41, 5.74) is 0. The number of nitrogens with zero attached hydrogens (tertiary/aromatic N) is 1. The average Bonchev–Trinajstić information content (AvgIpc) is 2.39. The van der Waals surface area contributed by atoms with Gasteiger partial charge in [-0.1, -0.05) is 30.2 Å². The summed E-state index contributed by atoms with van der Waals surface area (Å²) < 4.78 is 5.53. The number of piperidine rings is 1. The van der Waals surface area contributed by atoms with Crippen molar-refractivity contribution in [3.05, 3.63) is 29.3 Å². The number of aliphatic hydroxyl groups is 1. The Morgan fingerprint density at radius 3 is 2.67 bits per heavy atom. The van der Waals surface area contributed by atoms with Crippen LogP contribution < -0.4 is 4.74 Å². The second-order valence-electron chi connectivity index (χ2n) is 4.76. The lowest BCUT2D eigenvalue weighted by Gasteiger charge is -2.28. The average molecular weight is 270 g/mol. The van der Waals surface area contributed by atoms with E-state index in [0.29, 0.717) is 23.9 Å². The van der Waals surface area contributed by atoms with Crippen LogP contribution in [0.15, 0.2) is 24.3 Å². The Morgan fingerprint density at radius 1 is 1.22 bits per heavy atom. The molecule has 0 saturated carbocycles. The van der Waals surface area contributed by atoms with Crippen LogP contribution in [-0.2, 0) is 0 Å². The number of rotatable bonds is 5. The summed E-state index contributed by atoms with van der Waals surface area (Å²) in [5, 5.41) is 10.5. The van der Waals surface area contributed by atoms with E-state index in [0.717, 1.165) is 13.1 Å². The fourth-order valence-electron chi connectivity index (χ4n) is 2.24. The van der Waals surface area contributed by atoms with E-state index in [4.69, 9.17) is 16.3 Å². The van der Waals surface area contributed by atoms with Crippen LogP contribution in [-0.4, -0.2) is 42.4 Å². The molecular weight excluding hydrogens is 250 g/mol. The van der Waals surface area contributed by atoms with Gasteiger partial charge in [-0.05, 0) is 38.1 Å². The smallest absolute Gasteiger partial charge is 0.138 e. The van der Waals surface area contributed by atoms with Crippen molar-refractivity contribution in [3.8, 4) is 5.75 Å². The normalized spacial score (nSPS) is 18.6. The minimum Gasteiger partial charge on any atom is -0.489 e. The Kier molecular flexibility index (Phi) is 5.29. The Hall–Kier alpha value is -0.770. The van der Waals surface area contributed by atoms with Crippen LogP contribution in [0.5, 0.6) is 5.75 Å². The molecule has 3 nitrogen and oxygen atoms in total. The summed E-state index contributed by atoms with van der Waals surface area (Å²) in [6.07, 6.45) is 3.32. The first-order chi connectivity index (χ1) is 8.75. The highest BCUT2D eigenvalue weighted by molar-refractivity contribution is 6.32. The van der Waals surface area contributed by atoms with Crippen molar-refractivity contribution in [3.63, 3.8) is 0 Å². The molecule has 4 heteroatoms. The highest BCUT2D eigenvalue weighted by Crippen LogP contribution is 2.23. The zero-order valence-corrected chi connectivity index (χ0v) is 11.3. The van der Waals surface area contributed by atoms with Gasteiger partial charge >= 0.3 is 0 Å². The maximum Gasteiger partial charge on any atom is 0.138 e. The lowest BCUT2D eigenvalue weighted by atomic mass is 10.1. The number of aliphatic hydroxyl groups excluding tert-OH is 1. The maximum atomic E-state index is 9.94. The van der Waals surface area contributed by atoms with E-state index < -0.39 is 6.10 Å². The van der Waals surface area contributed by atoms with Gasteiger partial charge in [-0.15, -0.1) is 0 Å². The number of benzene rings is 1. The van der Waals surface area contributed by atoms with Crippen molar-refractivity contribution in [2.24, 2.45) is 0 Å². The largest absolute Gasteiger partial charge is 0.489 e. The molecule has 1 aliphatic rings. The molecule has 0 spiro atoms. The van der Waals surface area contributed by atoms with Crippen LogP contribution >= 0.6 is 11.6 Å². The van der Waals surface area contributed by atoms with Gasteiger partial charge in [0.15, 0.2) is 0 Å². The molecule has 1 atom stereocenters. The Morgan fingerprint density at radius 2 is 1.94 bits per heavy atom. The molecule has 1 N–H and O–H groups in total. The van der Waals surface area contributed by atoms with Crippen molar-refractivity contribution >= 4 is 11.6 Å². The predicted octanol–water partition coefficient (Wildman–Crippen LogP) is 2.57. The molecule has 100 valence electrons. The van der Waals surface area contributed by atoms with E-state index in [1.54, 1.807) is 6.07 Å². The summed E-state index contributed by atoms with van der Waals surface area (Å²) >= 11 is 5.98. The number of halogens is 1. The van der Waals surface area contributed by atoms with E-state index in [2.05, 4.69) is 4.90 Å². The fraction of sp³-hybridized carbons (Fsp3) is 0.571. The van der Waals surface area contributed by atoms with Crippen molar-refractivity contribution in [2.45, 2.75) is 25.4 Å². The predicted molar refractivity (Wildman–Crippen MR) is 73.2 cm³/mol. The Bertz CT molecular complexity index is 367. The molecular formula is C14H20ClNO2. The van der Waals surface area contributed by atoms with Gasteiger partial charge in [0.1, 0.15) is 18.5 Å². The molecule has 0 amide bonds. The van der Waals surface area contributed by atoms with Gasteiger partial charge in [-0.2, -0.15) is 0 Å². The number of hydrogen-bond donors (Lipinski definition) is 1. The van der Waals surface area contributed by atoms with E-state index in [1.807, 2.05) is 18.2 Å². The second-order valence-corrected chi connectivity index (χ2v) is 5.16. The fourth-order valence-corrected chi connectivity index (χ4v) is 2.43. The van der Waals surface area contributed by atoms with Crippen molar-refractivity contribution in [1.29, 1.82) is 0 Å². The van der Waals surface area contributed by atoms with Crippen LogP contribution in [0.4, 0.5) is 0 Å². The number of hydrogen-bond acceptors (Lipinski definition) is 3. The monoisotopic (exact) mass is 269 g/mol. The molecule has 1 aromatic rings. The van der Waals surface area contributed by atoms with Gasteiger partial charge in [-0.3, -0.25) is 0 Å².